The predicted octanol–water partition coefficient (Wildman–Crippen LogP) is 0.536. The highest BCUT2D eigenvalue weighted by Crippen LogP contribution is 2.26. The smallest absolute Gasteiger partial charge is 0.322 e. The van der Waals surface area contributed by atoms with Gasteiger partial charge in [0.2, 0.25) is 5.91 Å². The summed E-state index contributed by atoms with van der Waals surface area (Å²) in [6, 6.07) is -0.439. The maximum Gasteiger partial charge on any atom is 0.322 e. The highest BCUT2D eigenvalue weighted by atomic mass is 16.5. The minimum Gasteiger partial charge on any atom is -0.368 e. The summed E-state index contributed by atoms with van der Waals surface area (Å²) < 4.78 is 5.71. The van der Waals surface area contributed by atoms with Crippen molar-refractivity contribution in [2.24, 2.45) is 0 Å². The van der Waals surface area contributed by atoms with Gasteiger partial charge in [-0.3, -0.25) is 14.9 Å². The number of carbonyl (C=O) groups excluding carboxylic acids is 3. The van der Waals surface area contributed by atoms with Crippen LogP contribution in [0.2, 0.25) is 0 Å². The summed E-state index contributed by atoms with van der Waals surface area (Å²) in [6.07, 6.45) is 6.84. The van der Waals surface area contributed by atoms with Crippen molar-refractivity contribution in [1.29, 1.82) is 0 Å². The summed E-state index contributed by atoms with van der Waals surface area (Å²) in [6.45, 7) is 1.07. The molecule has 2 aliphatic heterocycles. The Balaban J connectivity index is 1.45. The summed E-state index contributed by atoms with van der Waals surface area (Å²) in [5.41, 5.74) is -0.821. The zero-order chi connectivity index (χ0) is 15.6. The quantitative estimate of drug-likeness (QED) is 0.745. The number of hydrogen-bond acceptors (Lipinski definition) is 4. The maximum absolute atomic E-state index is 12.2. The van der Waals surface area contributed by atoms with Gasteiger partial charge in [0.25, 0.3) is 5.91 Å². The third-order valence-electron chi connectivity index (χ3n) is 4.98. The van der Waals surface area contributed by atoms with Crippen LogP contribution >= 0.6 is 0 Å². The minimum atomic E-state index is -0.821. The second-order valence-electron chi connectivity index (χ2n) is 6.44. The molecule has 4 amide bonds. The summed E-state index contributed by atoms with van der Waals surface area (Å²) >= 11 is 0. The molecule has 3 aliphatic rings. The average molecular weight is 309 g/mol. The van der Waals surface area contributed by atoms with Gasteiger partial charge in [0.05, 0.1) is 6.10 Å². The summed E-state index contributed by atoms with van der Waals surface area (Å²) in [5.74, 6) is -0.298. The number of amides is 4. The second kappa shape index (κ2) is 6.24. The van der Waals surface area contributed by atoms with Crippen LogP contribution < -0.4 is 10.6 Å². The molecule has 2 heterocycles. The Morgan fingerprint density at radius 2 is 1.86 bits per heavy atom. The zero-order valence-electron chi connectivity index (χ0n) is 12.7. The van der Waals surface area contributed by atoms with Crippen LogP contribution in [0.1, 0.15) is 44.9 Å². The van der Waals surface area contributed by atoms with E-state index < -0.39 is 11.6 Å². The molecule has 122 valence electrons. The van der Waals surface area contributed by atoms with Crippen LogP contribution in [0, 0.1) is 0 Å². The molecule has 7 heteroatoms. The number of likely N-dealkylation sites (tertiary alicyclic amines) is 1. The normalized spacial score (nSPS) is 25.2. The van der Waals surface area contributed by atoms with Gasteiger partial charge in [-0.05, 0) is 25.7 Å². The van der Waals surface area contributed by atoms with E-state index in [4.69, 9.17) is 4.74 Å². The van der Waals surface area contributed by atoms with E-state index in [1.807, 2.05) is 0 Å². The van der Waals surface area contributed by atoms with Crippen molar-refractivity contribution in [3.63, 3.8) is 0 Å². The number of piperidine rings is 1. The van der Waals surface area contributed by atoms with Gasteiger partial charge in [0.1, 0.15) is 12.1 Å². The van der Waals surface area contributed by atoms with E-state index in [1.54, 1.807) is 4.90 Å². The van der Waals surface area contributed by atoms with Crippen LogP contribution in [0.4, 0.5) is 4.79 Å². The van der Waals surface area contributed by atoms with Crippen LogP contribution in [0.3, 0.4) is 0 Å². The summed E-state index contributed by atoms with van der Waals surface area (Å²) in [5, 5.41) is 4.97. The third kappa shape index (κ3) is 3.09. The number of carbonyl (C=O) groups is 3. The number of nitrogens with one attached hydrogen (secondary N) is 2. The minimum absolute atomic E-state index is 0.0230. The molecule has 0 unspecified atom stereocenters. The van der Waals surface area contributed by atoms with E-state index in [-0.39, 0.29) is 24.5 Å². The maximum atomic E-state index is 12.2. The molecular weight excluding hydrogens is 286 g/mol. The van der Waals surface area contributed by atoms with Crippen molar-refractivity contribution in [1.82, 2.24) is 15.5 Å². The standard InChI is InChI=1S/C15H23N3O4/c19-12(10-22-11-4-2-1-3-5-11)18-8-6-15(7-9-18)13(20)16-14(21)17-15/h11H,1-10H2,(H2,16,17,20,21). The lowest BCUT2D eigenvalue weighted by Gasteiger charge is -2.37. The van der Waals surface area contributed by atoms with E-state index in [2.05, 4.69) is 10.6 Å². The largest absolute Gasteiger partial charge is 0.368 e. The highest BCUT2D eigenvalue weighted by Gasteiger charge is 2.48. The molecule has 3 fully saturated rings. The molecule has 1 aliphatic carbocycles. The van der Waals surface area contributed by atoms with E-state index in [1.165, 1.54) is 19.3 Å². The monoisotopic (exact) mass is 309 g/mol. The molecule has 22 heavy (non-hydrogen) atoms. The van der Waals surface area contributed by atoms with Crippen molar-refractivity contribution < 1.29 is 19.1 Å². The van der Waals surface area contributed by atoms with E-state index in [0.29, 0.717) is 25.9 Å². The Morgan fingerprint density at radius 1 is 1.18 bits per heavy atom. The fourth-order valence-electron chi connectivity index (χ4n) is 3.53. The first-order valence-electron chi connectivity index (χ1n) is 8.12. The molecule has 2 N–H and O–H groups in total. The molecule has 0 aromatic carbocycles. The summed E-state index contributed by atoms with van der Waals surface area (Å²) in [4.78, 5) is 37.1. The molecule has 0 atom stereocenters. The van der Waals surface area contributed by atoms with Gasteiger partial charge in [-0.2, -0.15) is 0 Å². The van der Waals surface area contributed by atoms with Gasteiger partial charge in [0.15, 0.2) is 0 Å². The van der Waals surface area contributed by atoms with Crippen molar-refractivity contribution >= 4 is 17.8 Å². The SMILES string of the molecule is O=C1NC(=O)C2(CCN(C(=O)COC3CCCCC3)CC2)N1. The molecule has 1 saturated carbocycles. The first-order chi connectivity index (χ1) is 10.6. The van der Waals surface area contributed by atoms with Crippen molar-refractivity contribution in [3.05, 3.63) is 0 Å². The number of rotatable bonds is 3. The first kappa shape index (κ1) is 15.3. The van der Waals surface area contributed by atoms with Gasteiger partial charge in [0, 0.05) is 13.1 Å². The van der Waals surface area contributed by atoms with E-state index in [0.717, 1.165) is 12.8 Å². The lowest BCUT2D eigenvalue weighted by atomic mass is 9.88. The Hall–Kier alpha value is -1.63. The molecule has 0 aromatic heterocycles. The topological polar surface area (TPSA) is 87.7 Å². The predicted molar refractivity (Wildman–Crippen MR) is 78.0 cm³/mol. The number of ether oxygens (including phenoxy) is 1. The number of hydrogen-bond donors (Lipinski definition) is 2. The molecular formula is C15H23N3O4. The van der Waals surface area contributed by atoms with Crippen molar-refractivity contribution in [2.75, 3.05) is 19.7 Å². The highest BCUT2D eigenvalue weighted by molar-refractivity contribution is 6.07. The van der Waals surface area contributed by atoms with Crippen LogP contribution in [-0.2, 0) is 14.3 Å². The molecule has 1 spiro atoms. The van der Waals surface area contributed by atoms with Crippen LogP contribution in [-0.4, -0.2) is 54.1 Å². The molecule has 3 rings (SSSR count). The van der Waals surface area contributed by atoms with Crippen LogP contribution in [0.25, 0.3) is 0 Å². The lowest BCUT2D eigenvalue weighted by Crippen LogP contribution is -2.56. The Morgan fingerprint density at radius 3 is 2.45 bits per heavy atom. The van der Waals surface area contributed by atoms with Gasteiger partial charge < -0.3 is 15.0 Å². The Labute approximate surface area is 129 Å². The molecule has 0 bridgehead atoms. The zero-order valence-corrected chi connectivity index (χ0v) is 12.7. The van der Waals surface area contributed by atoms with E-state index in [9.17, 15) is 14.4 Å². The molecule has 0 radical (unpaired) electrons. The lowest BCUT2D eigenvalue weighted by molar-refractivity contribution is -0.142. The van der Waals surface area contributed by atoms with E-state index >= 15 is 0 Å². The fraction of sp³-hybridized carbons (Fsp3) is 0.800. The van der Waals surface area contributed by atoms with Gasteiger partial charge >= 0.3 is 6.03 Å². The van der Waals surface area contributed by atoms with Crippen LogP contribution in [0.5, 0.6) is 0 Å². The van der Waals surface area contributed by atoms with Crippen molar-refractivity contribution in [3.8, 4) is 0 Å². The number of urea groups is 1. The van der Waals surface area contributed by atoms with Gasteiger partial charge in [-0.1, -0.05) is 19.3 Å². The van der Waals surface area contributed by atoms with Crippen LogP contribution in [0.15, 0.2) is 0 Å². The Bertz CT molecular complexity index is 465. The average Bonchev–Trinajstić information content (AvgIpc) is 2.80. The van der Waals surface area contributed by atoms with Gasteiger partial charge in [-0.15, -0.1) is 0 Å². The molecule has 2 saturated heterocycles. The number of nitrogens with zero attached hydrogens (tertiary/aromatic N) is 1. The third-order valence-corrected chi connectivity index (χ3v) is 4.98. The summed E-state index contributed by atoms with van der Waals surface area (Å²) in [7, 11) is 0. The van der Waals surface area contributed by atoms with Gasteiger partial charge in [-0.25, -0.2) is 4.79 Å². The molecule has 7 nitrogen and oxygen atoms in total. The fourth-order valence-corrected chi connectivity index (χ4v) is 3.53. The Kier molecular flexibility index (Phi) is 4.33. The molecule has 0 aromatic rings. The first-order valence-corrected chi connectivity index (χ1v) is 8.12. The second-order valence-corrected chi connectivity index (χ2v) is 6.44. The number of imide groups is 1. The van der Waals surface area contributed by atoms with Crippen molar-refractivity contribution in [2.45, 2.75) is 56.6 Å².